The first-order valence-electron chi connectivity index (χ1n) is 6.36. The van der Waals surface area contributed by atoms with Crippen molar-refractivity contribution in [1.29, 1.82) is 5.26 Å². The highest BCUT2D eigenvalue weighted by atomic mass is 14.2. The summed E-state index contributed by atoms with van der Waals surface area (Å²) in [4.78, 5) is 0. The standard InChI is InChI=1S/C15H19N/c16-12-4-5-13-8-10-15(11-9-13)14-6-2-1-3-7-14/h8-11,14H,1-7H2. The van der Waals surface area contributed by atoms with Crippen molar-refractivity contribution in [1.82, 2.24) is 0 Å². The molecule has 2 rings (SSSR count). The van der Waals surface area contributed by atoms with Gasteiger partial charge in [-0.1, -0.05) is 43.5 Å². The molecule has 0 aromatic heterocycles. The van der Waals surface area contributed by atoms with E-state index in [1.54, 1.807) is 0 Å². The summed E-state index contributed by atoms with van der Waals surface area (Å²) in [7, 11) is 0. The SMILES string of the molecule is N#CCCc1ccc(C2CCCCC2)cc1. The molecule has 1 aromatic rings. The van der Waals surface area contributed by atoms with Gasteiger partial charge in [0.05, 0.1) is 6.07 Å². The van der Waals surface area contributed by atoms with E-state index < -0.39 is 0 Å². The molecular weight excluding hydrogens is 194 g/mol. The zero-order valence-electron chi connectivity index (χ0n) is 9.78. The van der Waals surface area contributed by atoms with E-state index in [1.807, 2.05) is 0 Å². The Bertz CT molecular complexity index is 352. The minimum Gasteiger partial charge on any atom is -0.198 e. The van der Waals surface area contributed by atoms with Crippen LogP contribution in [-0.4, -0.2) is 0 Å². The van der Waals surface area contributed by atoms with Gasteiger partial charge < -0.3 is 0 Å². The third-order valence-electron chi connectivity index (χ3n) is 3.58. The third-order valence-corrected chi connectivity index (χ3v) is 3.58. The molecule has 1 aliphatic rings. The minimum absolute atomic E-state index is 0.628. The molecule has 1 heteroatoms. The molecule has 1 nitrogen and oxygen atoms in total. The Morgan fingerprint density at radius 1 is 1.06 bits per heavy atom. The lowest BCUT2D eigenvalue weighted by atomic mass is 9.84. The van der Waals surface area contributed by atoms with E-state index >= 15 is 0 Å². The van der Waals surface area contributed by atoms with Gasteiger partial charge in [0.2, 0.25) is 0 Å². The van der Waals surface area contributed by atoms with Crippen LogP contribution in [0.3, 0.4) is 0 Å². The molecule has 84 valence electrons. The van der Waals surface area contributed by atoms with Gasteiger partial charge >= 0.3 is 0 Å². The van der Waals surface area contributed by atoms with E-state index in [0.717, 1.165) is 12.3 Å². The number of benzene rings is 1. The summed E-state index contributed by atoms with van der Waals surface area (Å²) in [6.45, 7) is 0. The quantitative estimate of drug-likeness (QED) is 0.738. The minimum atomic E-state index is 0.628. The predicted molar refractivity (Wildman–Crippen MR) is 66.2 cm³/mol. The normalized spacial score (nSPS) is 16.9. The molecule has 0 radical (unpaired) electrons. The summed E-state index contributed by atoms with van der Waals surface area (Å²) >= 11 is 0. The predicted octanol–water partition coefficient (Wildman–Crippen LogP) is 4.19. The Hall–Kier alpha value is -1.29. The molecule has 1 saturated carbocycles. The summed E-state index contributed by atoms with van der Waals surface area (Å²) in [5.74, 6) is 0.791. The summed E-state index contributed by atoms with van der Waals surface area (Å²) in [5.41, 5.74) is 2.79. The molecule has 0 amide bonds. The van der Waals surface area contributed by atoms with E-state index in [-0.39, 0.29) is 0 Å². The molecule has 0 spiro atoms. The Kier molecular flexibility index (Phi) is 3.99. The number of hydrogen-bond donors (Lipinski definition) is 0. The zero-order chi connectivity index (χ0) is 11.2. The fourth-order valence-electron chi connectivity index (χ4n) is 2.59. The summed E-state index contributed by atoms with van der Waals surface area (Å²) < 4.78 is 0. The van der Waals surface area contributed by atoms with Crippen LogP contribution in [0.5, 0.6) is 0 Å². The summed E-state index contributed by atoms with van der Waals surface area (Å²) in [5, 5.41) is 8.54. The van der Waals surface area contributed by atoms with Crippen LogP contribution in [0.15, 0.2) is 24.3 Å². The lowest BCUT2D eigenvalue weighted by molar-refractivity contribution is 0.443. The Morgan fingerprint density at radius 2 is 1.75 bits per heavy atom. The highest BCUT2D eigenvalue weighted by Crippen LogP contribution is 2.32. The number of nitriles is 1. The van der Waals surface area contributed by atoms with E-state index in [0.29, 0.717) is 6.42 Å². The van der Waals surface area contributed by atoms with Crippen LogP contribution >= 0.6 is 0 Å². The van der Waals surface area contributed by atoms with Gasteiger partial charge in [0.1, 0.15) is 0 Å². The molecule has 1 aromatic carbocycles. The molecule has 1 aliphatic carbocycles. The fraction of sp³-hybridized carbons (Fsp3) is 0.533. The average Bonchev–Trinajstić information content (AvgIpc) is 2.38. The number of rotatable bonds is 3. The molecule has 0 atom stereocenters. The van der Waals surface area contributed by atoms with Gasteiger partial charge in [-0.15, -0.1) is 0 Å². The van der Waals surface area contributed by atoms with Crippen molar-refractivity contribution < 1.29 is 0 Å². The van der Waals surface area contributed by atoms with Gasteiger partial charge in [0, 0.05) is 6.42 Å². The molecular formula is C15H19N. The van der Waals surface area contributed by atoms with Gasteiger partial charge in [-0.2, -0.15) is 5.26 Å². The lowest BCUT2D eigenvalue weighted by Crippen LogP contribution is -2.04. The first-order chi connectivity index (χ1) is 7.90. The zero-order valence-corrected chi connectivity index (χ0v) is 9.78. The molecule has 0 N–H and O–H groups in total. The van der Waals surface area contributed by atoms with Crippen molar-refractivity contribution in [2.24, 2.45) is 0 Å². The Morgan fingerprint density at radius 3 is 2.38 bits per heavy atom. The molecule has 0 bridgehead atoms. The van der Waals surface area contributed by atoms with Crippen LogP contribution in [0, 0.1) is 11.3 Å². The van der Waals surface area contributed by atoms with Crippen molar-refractivity contribution >= 4 is 0 Å². The number of hydrogen-bond acceptors (Lipinski definition) is 1. The first-order valence-corrected chi connectivity index (χ1v) is 6.36. The highest BCUT2D eigenvalue weighted by molar-refractivity contribution is 5.26. The largest absolute Gasteiger partial charge is 0.198 e. The smallest absolute Gasteiger partial charge is 0.0625 e. The monoisotopic (exact) mass is 213 g/mol. The maximum atomic E-state index is 8.54. The summed E-state index contributed by atoms with van der Waals surface area (Å²) in [6.07, 6.45) is 8.43. The topological polar surface area (TPSA) is 23.8 Å². The molecule has 0 unspecified atom stereocenters. The molecule has 0 saturated heterocycles. The fourth-order valence-corrected chi connectivity index (χ4v) is 2.59. The van der Waals surface area contributed by atoms with E-state index in [1.165, 1.54) is 43.2 Å². The molecule has 1 fully saturated rings. The highest BCUT2D eigenvalue weighted by Gasteiger charge is 2.14. The van der Waals surface area contributed by atoms with Crippen molar-refractivity contribution in [3.63, 3.8) is 0 Å². The lowest BCUT2D eigenvalue weighted by Gasteiger charge is -2.22. The van der Waals surface area contributed by atoms with Crippen molar-refractivity contribution in [3.8, 4) is 6.07 Å². The maximum Gasteiger partial charge on any atom is 0.0625 e. The second-order valence-corrected chi connectivity index (χ2v) is 4.73. The van der Waals surface area contributed by atoms with Gasteiger partial charge in [0.15, 0.2) is 0 Å². The molecule has 0 heterocycles. The first kappa shape index (κ1) is 11.2. The Labute approximate surface area is 98.1 Å². The Balaban J connectivity index is 1.98. The van der Waals surface area contributed by atoms with E-state index in [2.05, 4.69) is 30.3 Å². The average molecular weight is 213 g/mol. The number of aryl methyl sites for hydroxylation is 1. The second-order valence-electron chi connectivity index (χ2n) is 4.73. The second kappa shape index (κ2) is 5.70. The van der Waals surface area contributed by atoms with Crippen LogP contribution < -0.4 is 0 Å². The van der Waals surface area contributed by atoms with Gasteiger partial charge in [-0.25, -0.2) is 0 Å². The molecule has 16 heavy (non-hydrogen) atoms. The number of nitrogens with zero attached hydrogens (tertiary/aromatic N) is 1. The van der Waals surface area contributed by atoms with Gasteiger partial charge in [-0.05, 0) is 36.3 Å². The van der Waals surface area contributed by atoms with Crippen molar-refractivity contribution in [2.75, 3.05) is 0 Å². The van der Waals surface area contributed by atoms with Gasteiger partial charge in [0.25, 0.3) is 0 Å². The van der Waals surface area contributed by atoms with Crippen LogP contribution in [0.2, 0.25) is 0 Å². The van der Waals surface area contributed by atoms with Crippen LogP contribution in [-0.2, 0) is 6.42 Å². The van der Waals surface area contributed by atoms with Crippen molar-refractivity contribution in [3.05, 3.63) is 35.4 Å². The third kappa shape index (κ3) is 2.85. The maximum absolute atomic E-state index is 8.54. The summed E-state index contributed by atoms with van der Waals surface area (Å²) in [6, 6.07) is 11.1. The van der Waals surface area contributed by atoms with Crippen LogP contribution in [0.4, 0.5) is 0 Å². The van der Waals surface area contributed by atoms with E-state index in [4.69, 9.17) is 5.26 Å². The van der Waals surface area contributed by atoms with Gasteiger partial charge in [-0.3, -0.25) is 0 Å². The van der Waals surface area contributed by atoms with Crippen LogP contribution in [0.1, 0.15) is 55.6 Å². The van der Waals surface area contributed by atoms with Crippen molar-refractivity contribution in [2.45, 2.75) is 50.9 Å². The molecule has 0 aliphatic heterocycles. The van der Waals surface area contributed by atoms with E-state index in [9.17, 15) is 0 Å². The van der Waals surface area contributed by atoms with Crippen LogP contribution in [0.25, 0.3) is 0 Å².